The van der Waals surface area contributed by atoms with Crippen LogP contribution in [0.3, 0.4) is 0 Å². The van der Waals surface area contributed by atoms with Gasteiger partial charge in [0.25, 0.3) is 5.91 Å². The van der Waals surface area contributed by atoms with Crippen molar-refractivity contribution in [1.82, 2.24) is 5.32 Å². The summed E-state index contributed by atoms with van der Waals surface area (Å²) in [7, 11) is 0. The van der Waals surface area contributed by atoms with Gasteiger partial charge in [0.2, 0.25) is 5.91 Å². The van der Waals surface area contributed by atoms with E-state index < -0.39 is 11.6 Å². The molecule has 3 aromatic rings. The quantitative estimate of drug-likeness (QED) is 0.541. The van der Waals surface area contributed by atoms with Crippen LogP contribution in [-0.2, 0) is 20.9 Å². The van der Waals surface area contributed by atoms with Crippen LogP contribution >= 0.6 is 0 Å². The Labute approximate surface area is 212 Å². The first-order valence-corrected chi connectivity index (χ1v) is 12.9. The molecule has 2 aliphatic rings. The lowest BCUT2D eigenvalue weighted by Crippen LogP contribution is -2.64. The monoisotopic (exact) mass is 486 g/mol. The maximum absolute atomic E-state index is 14.5. The molecule has 0 saturated carbocycles. The second-order valence-corrected chi connectivity index (χ2v) is 10.0. The Hall–Kier alpha value is -3.38. The molecule has 2 atom stereocenters. The summed E-state index contributed by atoms with van der Waals surface area (Å²) in [6, 6.07) is 19.3. The van der Waals surface area contributed by atoms with Gasteiger partial charge in [-0.05, 0) is 47.4 Å². The molecule has 5 rings (SSSR count). The molecule has 6 heteroatoms. The summed E-state index contributed by atoms with van der Waals surface area (Å²) in [4.78, 5) is 29.4. The van der Waals surface area contributed by atoms with Crippen LogP contribution in [0.5, 0.6) is 5.75 Å². The third-order valence-corrected chi connectivity index (χ3v) is 7.79. The first-order valence-electron chi connectivity index (χ1n) is 12.9. The van der Waals surface area contributed by atoms with Crippen molar-refractivity contribution < 1.29 is 19.1 Å². The highest BCUT2D eigenvalue weighted by Gasteiger charge is 2.51. The predicted octanol–water partition coefficient (Wildman–Crippen LogP) is 5.15. The van der Waals surface area contributed by atoms with E-state index in [0.29, 0.717) is 44.8 Å². The van der Waals surface area contributed by atoms with Crippen molar-refractivity contribution in [3.8, 4) is 5.75 Å². The fraction of sp³-hybridized carbons (Fsp3) is 0.400. The smallest absolute Gasteiger partial charge is 0.254 e. The highest BCUT2D eigenvalue weighted by atomic mass is 16.5. The van der Waals surface area contributed by atoms with Crippen molar-refractivity contribution in [3.63, 3.8) is 0 Å². The van der Waals surface area contributed by atoms with Crippen LogP contribution in [0.4, 0.5) is 5.69 Å². The molecule has 0 unspecified atom stereocenters. The Kier molecular flexibility index (Phi) is 6.71. The Morgan fingerprint density at radius 1 is 1.08 bits per heavy atom. The molecule has 0 aliphatic carbocycles. The number of para-hydroxylation sites is 2. The van der Waals surface area contributed by atoms with Gasteiger partial charge in [0, 0.05) is 18.8 Å². The minimum atomic E-state index is -0.864. The molecule has 2 amide bonds. The number of carbonyl (C=O) groups excluding carboxylic acids is 2. The second-order valence-electron chi connectivity index (χ2n) is 10.0. The molecule has 1 fully saturated rings. The molecule has 1 saturated heterocycles. The average Bonchev–Trinajstić information content (AvgIpc) is 2.99. The molecule has 3 aromatic carbocycles. The summed E-state index contributed by atoms with van der Waals surface area (Å²) in [6.45, 7) is 7.29. The van der Waals surface area contributed by atoms with Crippen molar-refractivity contribution >= 4 is 28.3 Å². The van der Waals surface area contributed by atoms with E-state index in [0.717, 1.165) is 27.6 Å². The molecule has 36 heavy (non-hydrogen) atoms. The molecule has 0 bridgehead atoms. The summed E-state index contributed by atoms with van der Waals surface area (Å²) in [6.07, 6.45) is 1.75. The number of anilines is 1. The Morgan fingerprint density at radius 3 is 2.58 bits per heavy atom. The summed E-state index contributed by atoms with van der Waals surface area (Å²) >= 11 is 0. The van der Waals surface area contributed by atoms with Crippen molar-refractivity contribution in [2.75, 3.05) is 18.1 Å². The third-order valence-electron chi connectivity index (χ3n) is 7.79. The summed E-state index contributed by atoms with van der Waals surface area (Å²) < 4.78 is 12.4. The molecular formula is C30H34N2O4. The number of ether oxygens (including phenoxy) is 2. The van der Waals surface area contributed by atoms with E-state index in [1.54, 1.807) is 4.90 Å². The standard InChI is InChI=1S/C30H34N2O4/c1-4-20(2)28(33)31-27-29(34)32(19-24-21(3)13-14-22-9-5-6-10-23(22)24)25-11-7-8-12-26(25)36-30(27)15-17-35-18-16-30/h5-14,20,27H,4,15-19H2,1-3H3,(H,31,33)/t20-,27-/m1/s1. The van der Waals surface area contributed by atoms with Gasteiger partial charge in [0.05, 0.1) is 25.4 Å². The van der Waals surface area contributed by atoms with Crippen LogP contribution in [0, 0.1) is 12.8 Å². The molecule has 1 spiro atoms. The van der Waals surface area contributed by atoms with E-state index >= 15 is 0 Å². The fourth-order valence-corrected chi connectivity index (χ4v) is 5.29. The van der Waals surface area contributed by atoms with Crippen molar-refractivity contribution in [2.24, 2.45) is 5.92 Å². The van der Waals surface area contributed by atoms with Gasteiger partial charge in [-0.25, -0.2) is 0 Å². The number of rotatable bonds is 5. The lowest BCUT2D eigenvalue weighted by molar-refractivity contribution is -0.138. The Balaban J connectivity index is 1.63. The van der Waals surface area contributed by atoms with E-state index in [1.807, 2.05) is 50.2 Å². The van der Waals surface area contributed by atoms with Gasteiger partial charge >= 0.3 is 0 Å². The number of nitrogens with one attached hydrogen (secondary N) is 1. The van der Waals surface area contributed by atoms with E-state index in [4.69, 9.17) is 9.47 Å². The van der Waals surface area contributed by atoms with Gasteiger partial charge < -0.3 is 19.7 Å². The molecule has 6 nitrogen and oxygen atoms in total. The number of benzene rings is 3. The van der Waals surface area contributed by atoms with Crippen molar-refractivity contribution in [2.45, 2.75) is 58.2 Å². The normalized spacial score (nSPS) is 19.9. The zero-order valence-electron chi connectivity index (χ0n) is 21.3. The van der Waals surface area contributed by atoms with Crippen LogP contribution in [-0.4, -0.2) is 36.7 Å². The highest BCUT2D eigenvalue weighted by molar-refractivity contribution is 6.02. The maximum Gasteiger partial charge on any atom is 0.254 e. The van der Waals surface area contributed by atoms with Crippen molar-refractivity contribution in [3.05, 3.63) is 71.8 Å². The topological polar surface area (TPSA) is 67.9 Å². The number of nitrogens with zero attached hydrogens (tertiary/aromatic N) is 1. The molecule has 1 N–H and O–H groups in total. The van der Waals surface area contributed by atoms with E-state index in [-0.39, 0.29) is 17.7 Å². The predicted molar refractivity (Wildman–Crippen MR) is 141 cm³/mol. The van der Waals surface area contributed by atoms with Crippen LogP contribution in [0.2, 0.25) is 0 Å². The van der Waals surface area contributed by atoms with Gasteiger partial charge in [-0.15, -0.1) is 0 Å². The van der Waals surface area contributed by atoms with Crippen LogP contribution in [0.1, 0.15) is 44.2 Å². The number of aryl methyl sites for hydroxylation is 1. The van der Waals surface area contributed by atoms with Crippen LogP contribution in [0.25, 0.3) is 10.8 Å². The molecule has 2 aliphatic heterocycles. The number of hydrogen-bond acceptors (Lipinski definition) is 4. The summed E-state index contributed by atoms with van der Waals surface area (Å²) in [5.41, 5.74) is 2.06. The molecule has 2 heterocycles. The van der Waals surface area contributed by atoms with Crippen molar-refractivity contribution in [1.29, 1.82) is 0 Å². The zero-order chi connectivity index (χ0) is 25.3. The molecule has 188 valence electrons. The minimum Gasteiger partial charge on any atom is -0.482 e. The van der Waals surface area contributed by atoms with Crippen LogP contribution < -0.4 is 15.0 Å². The maximum atomic E-state index is 14.5. The van der Waals surface area contributed by atoms with Gasteiger partial charge in [0.15, 0.2) is 0 Å². The van der Waals surface area contributed by atoms with Gasteiger partial charge in [-0.2, -0.15) is 0 Å². The summed E-state index contributed by atoms with van der Waals surface area (Å²) in [5, 5.41) is 5.36. The highest BCUT2D eigenvalue weighted by Crippen LogP contribution is 2.42. The number of carbonyl (C=O) groups is 2. The number of amides is 2. The average molecular weight is 487 g/mol. The number of fused-ring (bicyclic) bond motifs is 2. The molecule has 0 radical (unpaired) electrons. The zero-order valence-corrected chi connectivity index (χ0v) is 21.3. The van der Waals surface area contributed by atoms with Gasteiger partial charge in [0.1, 0.15) is 17.4 Å². The van der Waals surface area contributed by atoms with E-state index in [2.05, 4.69) is 36.5 Å². The van der Waals surface area contributed by atoms with E-state index in [9.17, 15) is 9.59 Å². The number of hydrogen-bond donors (Lipinski definition) is 1. The third kappa shape index (κ3) is 4.35. The molecular weight excluding hydrogens is 452 g/mol. The Morgan fingerprint density at radius 2 is 1.81 bits per heavy atom. The van der Waals surface area contributed by atoms with E-state index in [1.165, 1.54) is 0 Å². The first kappa shape index (κ1) is 24.3. The SMILES string of the molecule is CC[C@@H](C)C(=O)N[C@@H]1C(=O)N(Cc2c(C)ccc3ccccc23)c2ccccc2OC12CCOCC2. The Bertz CT molecular complexity index is 1280. The van der Waals surface area contributed by atoms with Gasteiger partial charge in [-0.3, -0.25) is 9.59 Å². The first-order chi connectivity index (χ1) is 17.4. The largest absolute Gasteiger partial charge is 0.482 e. The lowest BCUT2D eigenvalue weighted by Gasteiger charge is -2.41. The summed E-state index contributed by atoms with van der Waals surface area (Å²) in [5.74, 6) is 0.184. The van der Waals surface area contributed by atoms with Gasteiger partial charge in [-0.1, -0.05) is 62.4 Å². The van der Waals surface area contributed by atoms with Crippen LogP contribution in [0.15, 0.2) is 60.7 Å². The second kappa shape index (κ2) is 9.94. The minimum absolute atomic E-state index is 0.127. The lowest BCUT2D eigenvalue weighted by atomic mass is 9.84. The molecule has 0 aromatic heterocycles. The fourth-order valence-electron chi connectivity index (χ4n) is 5.29.